The van der Waals surface area contributed by atoms with Gasteiger partial charge in [-0.1, -0.05) is 32.8 Å². The van der Waals surface area contributed by atoms with Gasteiger partial charge in [-0.25, -0.2) is 0 Å². The van der Waals surface area contributed by atoms with Gasteiger partial charge in [0.25, 0.3) is 0 Å². The number of hydrogen-bond donors (Lipinski definition) is 0. The van der Waals surface area contributed by atoms with Crippen molar-refractivity contribution >= 4 is 17.7 Å². The second kappa shape index (κ2) is 13.1. The Kier molecular flexibility index (Phi) is 11.2. The number of unbranched alkanes of at least 4 members (excludes halogenated alkanes) is 3. The predicted molar refractivity (Wildman–Crippen MR) is 106 cm³/mol. The zero-order chi connectivity index (χ0) is 20.1. The number of hydrogen-bond acceptors (Lipinski definition) is 4. The van der Waals surface area contributed by atoms with E-state index in [9.17, 15) is 14.4 Å². The van der Waals surface area contributed by atoms with Crippen molar-refractivity contribution in [3.8, 4) is 11.8 Å². The first-order valence-corrected chi connectivity index (χ1v) is 10.0. The molecule has 0 aromatic carbocycles. The van der Waals surface area contributed by atoms with Crippen molar-refractivity contribution in [2.75, 3.05) is 13.7 Å². The molecule has 0 spiro atoms. The van der Waals surface area contributed by atoms with Gasteiger partial charge < -0.3 is 9.64 Å². The van der Waals surface area contributed by atoms with Gasteiger partial charge >= 0.3 is 5.97 Å². The van der Waals surface area contributed by atoms with Gasteiger partial charge in [0.15, 0.2) is 5.78 Å². The minimum Gasteiger partial charge on any atom is -0.469 e. The Balaban J connectivity index is 2.38. The number of carbonyl (C=O) groups is 3. The van der Waals surface area contributed by atoms with Gasteiger partial charge in [0.1, 0.15) is 0 Å². The molecule has 5 nitrogen and oxygen atoms in total. The molecule has 0 aliphatic carbocycles. The third kappa shape index (κ3) is 8.90. The van der Waals surface area contributed by atoms with E-state index < -0.39 is 0 Å². The van der Waals surface area contributed by atoms with Crippen LogP contribution in [0.2, 0.25) is 0 Å². The second-order valence-corrected chi connectivity index (χ2v) is 7.01. The molecule has 1 saturated heterocycles. The van der Waals surface area contributed by atoms with E-state index in [0.717, 1.165) is 38.5 Å². The minimum atomic E-state index is -0.172. The molecule has 150 valence electrons. The van der Waals surface area contributed by atoms with Gasteiger partial charge in [-0.15, -0.1) is 11.8 Å². The van der Waals surface area contributed by atoms with E-state index in [1.165, 1.54) is 7.11 Å². The van der Waals surface area contributed by atoms with Crippen LogP contribution in [0.3, 0.4) is 0 Å². The lowest BCUT2D eigenvalue weighted by Crippen LogP contribution is -2.32. The summed E-state index contributed by atoms with van der Waals surface area (Å²) < 4.78 is 4.62. The molecule has 5 heteroatoms. The van der Waals surface area contributed by atoms with Crippen molar-refractivity contribution < 1.29 is 19.1 Å². The Morgan fingerprint density at radius 1 is 1.26 bits per heavy atom. The van der Waals surface area contributed by atoms with Crippen molar-refractivity contribution in [3.05, 3.63) is 12.2 Å². The third-order valence-electron chi connectivity index (χ3n) is 4.81. The summed E-state index contributed by atoms with van der Waals surface area (Å²) in [5, 5.41) is 0. The minimum absolute atomic E-state index is 0.0189. The topological polar surface area (TPSA) is 63.7 Å². The molecule has 0 unspecified atom stereocenters. The van der Waals surface area contributed by atoms with Crippen LogP contribution >= 0.6 is 0 Å². The van der Waals surface area contributed by atoms with E-state index >= 15 is 0 Å². The van der Waals surface area contributed by atoms with Crippen LogP contribution in [0.5, 0.6) is 0 Å². The Hall–Kier alpha value is -2.09. The number of carbonyl (C=O) groups excluding carboxylic acids is 3. The van der Waals surface area contributed by atoms with Gasteiger partial charge in [0.05, 0.1) is 13.2 Å². The van der Waals surface area contributed by atoms with Crippen molar-refractivity contribution in [2.45, 2.75) is 77.7 Å². The molecule has 1 aliphatic heterocycles. The SMILES string of the molecule is CCC#CC[C@H](C)C(=O)/C=C/[C@H]1CCC(=O)N1CCCCCCC(=O)OC. The predicted octanol–water partition coefficient (Wildman–Crippen LogP) is 3.67. The fourth-order valence-corrected chi connectivity index (χ4v) is 3.07. The molecular formula is C22H33NO4. The van der Waals surface area contributed by atoms with Crippen LogP contribution in [0, 0.1) is 17.8 Å². The highest BCUT2D eigenvalue weighted by atomic mass is 16.5. The zero-order valence-electron chi connectivity index (χ0n) is 17.0. The second-order valence-electron chi connectivity index (χ2n) is 7.01. The van der Waals surface area contributed by atoms with Crippen LogP contribution in [-0.2, 0) is 19.1 Å². The highest BCUT2D eigenvalue weighted by Gasteiger charge is 2.28. The average Bonchev–Trinajstić information content (AvgIpc) is 3.02. The van der Waals surface area contributed by atoms with Crippen LogP contribution < -0.4 is 0 Å². The molecule has 1 rings (SSSR count). The first-order valence-electron chi connectivity index (χ1n) is 10.0. The van der Waals surface area contributed by atoms with Crippen molar-refractivity contribution in [1.82, 2.24) is 4.90 Å². The summed E-state index contributed by atoms with van der Waals surface area (Å²) in [4.78, 5) is 37.3. The highest BCUT2D eigenvalue weighted by Crippen LogP contribution is 2.21. The maximum Gasteiger partial charge on any atom is 0.305 e. The van der Waals surface area contributed by atoms with Crippen LogP contribution in [0.1, 0.15) is 71.6 Å². The smallest absolute Gasteiger partial charge is 0.305 e. The summed E-state index contributed by atoms with van der Waals surface area (Å²) in [7, 11) is 1.40. The van der Waals surface area contributed by atoms with E-state index in [1.54, 1.807) is 6.08 Å². The standard InChI is InChI=1S/C22H33NO4/c1-4-5-8-11-18(2)20(24)15-13-19-14-16-21(25)23(19)17-10-7-6-9-12-22(26)27-3/h13,15,18-19H,4,6-7,9-12,14,16-17H2,1-3H3/b15-13+/t18-,19-/m0/s1. The summed E-state index contributed by atoms with van der Waals surface area (Å²) >= 11 is 0. The van der Waals surface area contributed by atoms with Gasteiger partial charge in [0.2, 0.25) is 5.91 Å². The number of rotatable bonds is 11. The Morgan fingerprint density at radius 2 is 2.00 bits per heavy atom. The first-order chi connectivity index (χ1) is 13.0. The van der Waals surface area contributed by atoms with Crippen LogP contribution in [0.4, 0.5) is 0 Å². The normalized spacial score (nSPS) is 17.7. The zero-order valence-corrected chi connectivity index (χ0v) is 17.0. The number of methoxy groups -OCH3 is 1. The molecule has 0 aromatic rings. The van der Waals surface area contributed by atoms with E-state index in [4.69, 9.17) is 0 Å². The molecular weight excluding hydrogens is 342 g/mol. The van der Waals surface area contributed by atoms with Crippen molar-refractivity contribution in [1.29, 1.82) is 0 Å². The van der Waals surface area contributed by atoms with Gasteiger partial charge in [0, 0.05) is 38.1 Å². The highest BCUT2D eigenvalue weighted by molar-refractivity contribution is 5.92. The number of ether oxygens (including phenoxy) is 1. The fraction of sp³-hybridized carbons (Fsp3) is 0.682. The molecule has 1 fully saturated rings. The van der Waals surface area contributed by atoms with E-state index in [2.05, 4.69) is 16.6 Å². The van der Waals surface area contributed by atoms with Crippen LogP contribution in [0.15, 0.2) is 12.2 Å². The lowest BCUT2D eigenvalue weighted by atomic mass is 10.0. The lowest BCUT2D eigenvalue weighted by molar-refractivity contribution is -0.140. The molecule has 0 saturated carbocycles. The number of allylic oxidation sites excluding steroid dienone is 1. The van der Waals surface area contributed by atoms with Crippen molar-refractivity contribution in [3.63, 3.8) is 0 Å². The quantitative estimate of drug-likeness (QED) is 0.239. The van der Waals surface area contributed by atoms with E-state index in [1.807, 2.05) is 24.8 Å². The number of nitrogens with zero attached hydrogens (tertiary/aromatic N) is 1. The molecule has 27 heavy (non-hydrogen) atoms. The monoisotopic (exact) mass is 375 g/mol. The van der Waals surface area contributed by atoms with Gasteiger partial charge in [-0.2, -0.15) is 0 Å². The van der Waals surface area contributed by atoms with Gasteiger partial charge in [-0.3, -0.25) is 14.4 Å². The summed E-state index contributed by atoms with van der Waals surface area (Å²) in [5.74, 6) is 5.95. The Bertz CT molecular complexity index is 585. The number of ketones is 1. The van der Waals surface area contributed by atoms with Crippen LogP contribution in [-0.4, -0.2) is 42.3 Å². The number of likely N-dealkylation sites (tertiary alicyclic amines) is 1. The molecule has 1 aliphatic rings. The first kappa shape index (κ1) is 23.0. The largest absolute Gasteiger partial charge is 0.469 e. The number of esters is 1. The van der Waals surface area contributed by atoms with E-state index in [0.29, 0.717) is 25.8 Å². The van der Waals surface area contributed by atoms with Gasteiger partial charge in [-0.05, 0) is 25.3 Å². The summed E-state index contributed by atoms with van der Waals surface area (Å²) in [6.07, 6.45) is 10.3. The number of amides is 1. The Labute approximate surface area is 163 Å². The Morgan fingerprint density at radius 3 is 2.70 bits per heavy atom. The molecule has 0 bridgehead atoms. The maximum atomic E-state index is 12.2. The lowest BCUT2D eigenvalue weighted by Gasteiger charge is -2.22. The molecule has 1 heterocycles. The maximum absolute atomic E-state index is 12.2. The molecule has 2 atom stereocenters. The summed E-state index contributed by atoms with van der Waals surface area (Å²) in [6, 6.07) is 0.0189. The van der Waals surface area contributed by atoms with Crippen molar-refractivity contribution in [2.24, 2.45) is 5.92 Å². The summed E-state index contributed by atoms with van der Waals surface area (Å²) in [5.41, 5.74) is 0. The molecule has 1 amide bonds. The van der Waals surface area contributed by atoms with E-state index in [-0.39, 0.29) is 29.6 Å². The summed E-state index contributed by atoms with van der Waals surface area (Å²) in [6.45, 7) is 4.59. The van der Waals surface area contributed by atoms with Crippen LogP contribution in [0.25, 0.3) is 0 Å². The molecule has 0 radical (unpaired) electrons. The molecule has 0 N–H and O–H groups in total. The molecule has 0 aromatic heterocycles. The third-order valence-corrected chi connectivity index (χ3v) is 4.81. The average molecular weight is 376 g/mol. The fourth-order valence-electron chi connectivity index (χ4n) is 3.07.